The first-order chi connectivity index (χ1) is 12.2. The van der Waals surface area contributed by atoms with Gasteiger partial charge in [0.15, 0.2) is 5.96 Å². The number of likely N-dealkylation sites (tertiary alicyclic amines) is 2. The molecule has 0 spiro atoms. The summed E-state index contributed by atoms with van der Waals surface area (Å²) in [6, 6.07) is 10.4. The normalized spacial score (nSPS) is 24.9. The van der Waals surface area contributed by atoms with E-state index >= 15 is 0 Å². The summed E-state index contributed by atoms with van der Waals surface area (Å²) in [5.74, 6) is 2.40. The molecule has 1 aromatic carbocycles. The average Bonchev–Trinajstić information content (AvgIpc) is 3.26. The quantitative estimate of drug-likeness (QED) is 0.633. The van der Waals surface area contributed by atoms with Gasteiger partial charge in [0.2, 0.25) is 0 Å². The summed E-state index contributed by atoms with van der Waals surface area (Å²) in [4.78, 5) is 9.28. The van der Waals surface area contributed by atoms with Gasteiger partial charge in [0, 0.05) is 39.1 Å². The molecule has 2 atom stereocenters. The third kappa shape index (κ3) is 5.44. The zero-order valence-electron chi connectivity index (χ0n) is 15.7. The van der Waals surface area contributed by atoms with Crippen molar-refractivity contribution in [2.24, 2.45) is 16.8 Å². The predicted molar refractivity (Wildman–Crippen MR) is 103 cm³/mol. The molecule has 1 N–H and O–H groups in total. The second-order valence-corrected chi connectivity index (χ2v) is 7.45. The van der Waals surface area contributed by atoms with Crippen molar-refractivity contribution in [3.05, 3.63) is 35.9 Å². The number of nitrogens with one attached hydrogen (secondary N) is 1. The van der Waals surface area contributed by atoms with Gasteiger partial charge in [0.05, 0.1) is 13.2 Å². The first kappa shape index (κ1) is 18.2. The van der Waals surface area contributed by atoms with Gasteiger partial charge >= 0.3 is 0 Å². The van der Waals surface area contributed by atoms with E-state index in [0.717, 1.165) is 38.1 Å². The Balaban J connectivity index is 1.37. The smallest absolute Gasteiger partial charge is 0.193 e. The fraction of sp³-hybridized carbons (Fsp3) is 0.650. The number of benzene rings is 1. The van der Waals surface area contributed by atoms with Crippen LogP contribution < -0.4 is 5.32 Å². The SMILES string of the molecule is CN=C(NCC1CCN(C)C1)N1CCC(COCc2ccccc2)C1. The number of rotatable bonds is 6. The van der Waals surface area contributed by atoms with Crippen molar-refractivity contribution >= 4 is 5.96 Å². The van der Waals surface area contributed by atoms with Crippen LogP contribution in [0, 0.1) is 11.8 Å². The van der Waals surface area contributed by atoms with Crippen LogP contribution in [0.1, 0.15) is 18.4 Å². The number of ether oxygens (including phenoxy) is 1. The largest absolute Gasteiger partial charge is 0.376 e. The Hall–Kier alpha value is -1.59. The van der Waals surface area contributed by atoms with Crippen molar-refractivity contribution in [2.75, 3.05) is 53.4 Å². The number of hydrogen-bond donors (Lipinski definition) is 1. The molecule has 25 heavy (non-hydrogen) atoms. The minimum Gasteiger partial charge on any atom is -0.376 e. The third-order valence-corrected chi connectivity index (χ3v) is 5.30. The Labute approximate surface area is 152 Å². The maximum Gasteiger partial charge on any atom is 0.193 e. The van der Waals surface area contributed by atoms with Crippen molar-refractivity contribution in [1.82, 2.24) is 15.1 Å². The summed E-state index contributed by atoms with van der Waals surface area (Å²) in [7, 11) is 4.09. The molecule has 0 radical (unpaired) electrons. The number of nitrogens with zero attached hydrogens (tertiary/aromatic N) is 3. The van der Waals surface area contributed by atoms with E-state index in [0.29, 0.717) is 12.5 Å². The molecule has 0 aliphatic carbocycles. The van der Waals surface area contributed by atoms with Gasteiger partial charge in [0.1, 0.15) is 0 Å². The standard InChI is InChI=1S/C20H32N4O/c1-21-20(22-12-18-8-10-23(2)13-18)24-11-9-19(14-24)16-25-15-17-6-4-3-5-7-17/h3-7,18-19H,8-16H2,1-2H3,(H,21,22). The molecule has 0 aromatic heterocycles. The number of hydrogen-bond acceptors (Lipinski definition) is 3. The summed E-state index contributed by atoms with van der Waals surface area (Å²) < 4.78 is 5.93. The van der Waals surface area contributed by atoms with Crippen LogP contribution in [0.25, 0.3) is 0 Å². The van der Waals surface area contributed by atoms with E-state index in [2.05, 4.69) is 51.4 Å². The molecule has 2 aliphatic heterocycles. The van der Waals surface area contributed by atoms with Gasteiger partial charge in [-0.15, -0.1) is 0 Å². The van der Waals surface area contributed by atoms with Gasteiger partial charge in [-0.05, 0) is 37.9 Å². The van der Waals surface area contributed by atoms with Crippen molar-refractivity contribution in [3.8, 4) is 0 Å². The lowest BCUT2D eigenvalue weighted by atomic mass is 10.1. The number of guanidine groups is 1. The van der Waals surface area contributed by atoms with E-state index < -0.39 is 0 Å². The van der Waals surface area contributed by atoms with E-state index in [1.54, 1.807) is 0 Å². The van der Waals surface area contributed by atoms with Gasteiger partial charge in [-0.3, -0.25) is 4.99 Å². The van der Waals surface area contributed by atoms with Gasteiger partial charge in [-0.25, -0.2) is 0 Å². The Morgan fingerprint density at radius 2 is 1.96 bits per heavy atom. The zero-order valence-corrected chi connectivity index (χ0v) is 15.7. The lowest BCUT2D eigenvalue weighted by Gasteiger charge is -2.23. The minimum absolute atomic E-state index is 0.597. The molecular formula is C20H32N4O. The lowest BCUT2D eigenvalue weighted by molar-refractivity contribution is 0.0906. The van der Waals surface area contributed by atoms with E-state index in [-0.39, 0.29) is 0 Å². The molecule has 2 unspecified atom stereocenters. The summed E-state index contributed by atoms with van der Waals surface area (Å²) in [5.41, 5.74) is 1.25. The van der Waals surface area contributed by atoms with Crippen molar-refractivity contribution in [2.45, 2.75) is 19.4 Å². The van der Waals surface area contributed by atoms with Crippen LogP contribution in [0.2, 0.25) is 0 Å². The van der Waals surface area contributed by atoms with Crippen LogP contribution in [-0.4, -0.2) is 69.2 Å². The van der Waals surface area contributed by atoms with E-state index in [1.807, 2.05) is 13.1 Å². The molecule has 3 rings (SSSR count). The fourth-order valence-electron chi connectivity index (χ4n) is 3.84. The van der Waals surface area contributed by atoms with Crippen LogP contribution in [-0.2, 0) is 11.3 Å². The maximum atomic E-state index is 5.93. The molecular weight excluding hydrogens is 312 g/mol. The van der Waals surface area contributed by atoms with Crippen LogP contribution >= 0.6 is 0 Å². The molecule has 2 fully saturated rings. The fourth-order valence-corrected chi connectivity index (χ4v) is 3.84. The molecule has 1 aromatic rings. The highest BCUT2D eigenvalue weighted by molar-refractivity contribution is 5.80. The summed E-state index contributed by atoms with van der Waals surface area (Å²) >= 11 is 0. The topological polar surface area (TPSA) is 40.1 Å². The van der Waals surface area contributed by atoms with Crippen molar-refractivity contribution < 1.29 is 4.74 Å². The minimum atomic E-state index is 0.597. The summed E-state index contributed by atoms with van der Waals surface area (Å²) in [5, 5.41) is 3.58. The molecule has 2 heterocycles. The van der Waals surface area contributed by atoms with E-state index in [4.69, 9.17) is 4.74 Å². The predicted octanol–water partition coefficient (Wildman–Crippen LogP) is 2.05. The summed E-state index contributed by atoms with van der Waals surface area (Å²) in [6.45, 7) is 7.09. The highest BCUT2D eigenvalue weighted by Crippen LogP contribution is 2.18. The molecule has 5 heteroatoms. The number of aliphatic imine (C=N–C) groups is 1. The second-order valence-electron chi connectivity index (χ2n) is 7.45. The highest BCUT2D eigenvalue weighted by Gasteiger charge is 2.26. The van der Waals surface area contributed by atoms with Crippen molar-refractivity contribution in [1.29, 1.82) is 0 Å². The van der Waals surface area contributed by atoms with Crippen LogP contribution in [0.3, 0.4) is 0 Å². The highest BCUT2D eigenvalue weighted by atomic mass is 16.5. The molecule has 0 bridgehead atoms. The van der Waals surface area contributed by atoms with Crippen molar-refractivity contribution in [3.63, 3.8) is 0 Å². The molecule has 138 valence electrons. The Kier molecular flexibility index (Phi) is 6.70. The molecule has 2 aliphatic rings. The Morgan fingerprint density at radius 3 is 2.68 bits per heavy atom. The molecule has 5 nitrogen and oxygen atoms in total. The summed E-state index contributed by atoms with van der Waals surface area (Å²) in [6.07, 6.45) is 2.47. The van der Waals surface area contributed by atoms with Crippen LogP contribution in [0.5, 0.6) is 0 Å². The zero-order chi connectivity index (χ0) is 17.5. The van der Waals surface area contributed by atoms with Crippen LogP contribution in [0.15, 0.2) is 35.3 Å². The lowest BCUT2D eigenvalue weighted by Crippen LogP contribution is -2.42. The first-order valence-electron chi connectivity index (χ1n) is 9.50. The Morgan fingerprint density at radius 1 is 1.16 bits per heavy atom. The molecule has 2 saturated heterocycles. The van der Waals surface area contributed by atoms with Crippen LogP contribution in [0.4, 0.5) is 0 Å². The van der Waals surface area contributed by atoms with Gasteiger partial charge in [-0.1, -0.05) is 30.3 Å². The monoisotopic (exact) mass is 344 g/mol. The van der Waals surface area contributed by atoms with Gasteiger partial charge in [0.25, 0.3) is 0 Å². The van der Waals surface area contributed by atoms with E-state index in [9.17, 15) is 0 Å². The first-order valence-corrected chi connectivity index (χ1v) is 9.50. The molecule has 0 amide bonds. The third-order valence-electron chi connectivity index (χ3n) is 5.30. The average molecular weight is 345 g/mol. The molecule has 0 saturated carbocycles. The van der Waals surface area contributed by atoms with Gasteiger partial charge in [-0.2, -0.15) is 0 Å². The Bertz CT molecular complexity index is 548. The second kappa shape index (κ2) is 9.20. The van der Waals surface area contributed by atoms with Gasteiger partial charge < -0.3 is 19.9 Å². The van der Waals surface area contributed by atoms with E-state index in [1.165, 1.54) is 31.5 Å². The maximum absolute atomic E-state index is 5.93.